The van der Waals surface area contributed by atoms with Gasteiger partial charge in [0.1, 0.15) is 0 Å². The van der Waals surface area contributed by atoms with Crippen LogP contribution in [0.15, 0.2) is 24.8 Å². The van der Waals surface area contributed by atoms with Gasteiger partial charge in [-0.05, 0) is 26.2 Å². The SMILES string of the molecule is C=CC[C@@H](O)CCC(=C)C. The smallest absolute Gasteiger partial charge is 0.0577 e. The van der Waals surface area contributed by atoms with E-state index in [1.165, 1.54) is 0 Å². The van der Waals surface area contributed by atoms with Gasteiger partial charge < -0.3 is 5.11 Å². The van der Waals surface area contributed by atoms with Gasteiger partial charge in [0, 0.05) is 0 Å². The van der Waals surface area contributed by atoms with Crippen molar-refractivity contribution in [2.75, 3.05) is 0 Å². The molecule has 0 radical (unpaired) electrons. The van der Waals surface area contributed by atoms with E-state index in [4.69, 9.17) is 0 Å². The van der Waals surface area contributed by atoms with E-state index in [1.54, 1.807) is 6.08 Å². The topological polar surface area (TPSA) is 20.2 Å². The van der Waals surface area contributed by atoms with Crippen molar-refractivity contribution >= 4 is 0 Å². The second-order valence-corrected chi connectivity index (χ2v) is 2.67. The molecule has 0 aromatic carbocycles. The maximum absolute atomic E-state index is 9.19. The second kappa shape index (κ2) is 5.24. The summed E-state index contributed by atoms with van der Waals surface area (Å²) in [7, 11) is 0. The Morgan fingerprint density at radius 2 is 2.30 bits per heavy atom. The summed E-state index contributed by atoms with van der Waals surface area (Å²) in [6, 6.07) is 0. The molecule has 0 aromatic heterocycles. The Kier molecular flexibility index (Phi) is 4.95. The Labute approximate surface area is 63.1 Å². The first-order chi connectivity index (χ1) is 4.66. The van der Waals surface area contributed by atoms with Gasteiger partial charge >= 0.3 is 0 Å². The fourth-order valence-corrected chi connectivity index (χ4v) is 0.723. The lowest BCUT2D eigenvalue weighted by atomic mass is 10.1. The maximum atomic E-state index is 9.19. The monoisotopic (exact) mass is 140 g/mol. The predicted octanol–water partition coefficient (Wildman–Crippen LogP) is 2.28. The van der Waals surface area contributed by atoms with Crippen LogP contribution in [0, 0.1) is 0 Å². The number of rotatable bonds is 5. The third-order valence-electron chi connectivity index (χ3n) is 1.34. The molecule has 0 unspecified atom stereocenters. The van der Waals surface area contributed by atoms with E-state index in [0.717, 1.165) is 18.4 Å². The number of hydrogen-bond acceptors (Lipinski definition) is 1. The van der Waals surface area contributed by atoms with Crippen LogP contribution in [0.1, 0.15) is 26.2 Å². The van der Waals surface area contributed by atoms with E-state index in [9.17, 15) is 5.11 Å². The third-order valence-corrected chi connectivity index (χ3v) is 1.34. The van der Waals surface area contributed by atoms with E-state index in [2.05, 4.69) is 13.2 Å². The normalized spacial score (nSPS) is 12.6. The number of allylic oxidation sites excluding steroid dienone is 1. The summed E-state index contributed by atoms with van der Waals surface area (Å²) in [6.45, 7) is 9.27. The van der Waals surface area contributed by atoms with E-state index in [-0.39, 0.29) is 6.10 Å². The zero-order valence-electron chi connectivity index (χ0n) is 6.64. The lowest BCUT2D eigenvalue weighted by Crippen LogP contribution is -2.03. The summed E-state index contributed by atoms with van der Waals surface area (Å²) < 4.78 is 0. The van der Waals surface area contributed by atoms with Gasteiger partial charge in [0.25, 0.3) is 0 Å². The highest BCUT2D eigenvalue weighted by atomic mass is 16.3. The van der Waals surface area contributed by atoms with Crippen molar-refractivity contribution in [3.63, 3.8) is 0 Å². The van der Waals surface area contributed by atoms with Crippen LogP contribution in [0.3, 0.4) is 0 Å². The molecule has 0 heterocycles. The van der Waals surface area contributed by atoms with Crippen molar-refractivity contribution in [2.45, 2.75) is 32.3 Å². The van der Waals surface area contributed by atoms with Gasteiger partial charge in [-0.15, -0.1) is 13.2 Å². The minimum atomic E-state index is -0.228. The highest BCUT2D eigenvalue weighted by Gasteiger charge is 1.99. The lowest BCUT2D eigenvalue weighted by molar-refractivity contribution is 0.168. The zero-order chi connectivity index (χ0) is 7.98. The van der Waals surface area contributed by atoms with Gasteiger partial charge in [0.2, 0.25) is 0 Å². The van der Waals surface area contributed by atoms with Gasteiger partial charge in [-0.3, -0.25) is 0 Å². The van der Waals surface area contributed by atoms with Crippen molar-refractivity contribution < 1.29 is 5.11 Å². The van der Waals surface area contributed by atoms with Gasteiger partial charge in [-0.25, -0.2) is 0 Å². The molecule has 0 saturated heterocycles. The molecular weight excluding hydrogens is 124 g/mol. The number of hydrogen-bond donors (Lipinski definition) is 1. The molecule has 10 heavy (non-hydrogen) atoms. The molecule has 0 aliphatic heterocycles. The molecule has 0 bridgehead atoms. The summed E-state index contributed by atoms with van der Waals surface area (Å²) in [5, 5.41) is 9.19. The first-order valence-corrected chi connectivity index (χ1v) is 3.60. The summed E-state index contributed by atoms with van der Waals surface area (Å²) in [4.78, 5) is 0. The van der Waals surface area contributed by atoms with Gasteiger partial charge in [0.15, 0.2) is 0 Å². The Morgan fingerprint density at radius 1 is 1.70 bits per heavy atom. The van der Waals surface area contributed by atoms with Crippen molar-refractivity contribution in [3.8, 4) is 0 Å². The molecule has 0 saturated carbocycles. The van der Waals surface area contributed by atoms with E-state index < -0.39 is 0 Å². The van der Waals surface area contributed by atoms with E-state index in [1.807, 2.05) is 6.92 Å². The van der Waals surface area contributed by atoms with Crippen LogP contribution in [0.25, 0.3) is 0 Å². The summed E-state index contributed by atoms with van der Waals surface area (Å²) >= 11 is 0. The lowest BCUT2D eigenvalue weighted by Gasteiger charge is -2.06. The summed E-state index contributed by atoms with van der Waals surface area (Å²) in [6.07, 6.45) is 3.92. The fraction of sp³-hybridized carbons (Fsp3) is 0.556. The minimum Gasteiger partial charge on any atom is -0.393 e. The first kappa shape index (κ1) is 9.44. The molecule has 58 valence electrons. The molecule has 0 amide bonds. The van der Waals surface area contributed by atoms with Crippen molar-refractivity contribution in [2.24, 2.45) is 0 Å². The molecule has 1 nitrogen and oxygen atoms in total. The molecule has 1 atom stereocenters. The standard InChI is InChI=1S/C9H16O/c1-4-5-9(10)7-6-8(2)3/h4,9-10H,1-2,5-7H2,3H3/t9-/m1/s1. The number of aliphatic hydroxyl groups is 1. The summed E-state index contributed by atoms with van der Waals surface area (Å²) in [5.74, 6) is 0. The van der Waals surface area contributed by atoms with Crippen molar-refractivity contribution in [3.05, 3.63) is 24.8 Å². The van der Waals surface area contributed by atoms with Crippen molar-refractivity contribution in [1.82, 2.24) is 0 Å². The molecular formula is C9H16O. The molecule has 0 aliphatic rings. The second-order valence-electron chi connectivity index (χ2n) is 2.67. The Balaban J connectivity index is 3.29. The van der Waals surface area contributed by atoms with E-state index in [0.29, 0.717) is 6.42 Å². The highest BCUT2D eigenvalue weighted by molar-refractivity contribution is 4.88. The molecule has 0 aliphatic carbocycles. The van der Waals surface area contributed by atoms with Crippen LogP contribution in [0.4, 0.5) is 0 Å². The van der Waals surface area contributed by atoms with Crippen molar-refractivity contribution in [1.29, 1.82) is 0 Å². The van der Waals surface area contributed by atoms with Gasteiger partial charge in [-0.1, -0.05) is 11.6 Å². The summed E-state index contributed by atoms with van der Waals surface area (Å²) in [5.41, 5.74) is 1.13. The largest absolute Gasteiger partial charge is 0.393 e. The highest BCUT2D eigenvalue weighted by Crippen LogP contribution is 2.06. The maximum Gasteiger partial charge on any atom is 0.0577 e. The fourth-order valence-electron chi connectivity index (χ4n) is 0.723. The average molecular weight is 140 g/mol. The van der Waals surface area contributed by atoms with Crippen LogP contribution in [0.5, 0.6) is 0 Å². The molecule has 0 fully saturated rings. The quantitative estimate of drug-likeness (QED) is 0.581. The Hall–Kier alpha value is -0.560. The molecule has 0 aromatic rings. The third kappa shape index (κ3) is 5.57. The first-order valence-electron chi connectivity index (χ1n) is 3.60. The minimum absolute atomic E-state index is 0.228. The predicted molar refractivity (Wildman–Crippen MR) is 44.9 cm³/mol. The van der Waals surface area contributed by atoms with Crippen LogP contribution in [-0.4, -0.2) is 11.2 Å². The van der Waals surface area contributed by atoms with Crippen LogP contribution >= 0.6 is 0 Å². The van der Waals surface area contributed by atoms with Gasteiger partial charge in [0.05, 0.1) is 6.10 Å². The average Bonchev–Trinajstić information content (AvgIpc) is 1.85. The van der Waals surface area contributed by atoms with Crippen LogP contribution in [-0.2, 0) is 0 Å². The molecule has 0 spiro atoms. The zero-order valence-corrected chi connectivity index (χ0v) is 6.64. The Bertz CT molecular complexity index is 116. The van der Waals surface area contributed by atoms with E-state index >= 15 is 0 Å². The molecule has 0 rings (SSSR count). The van der Waals surface area contributed by atoms with Gasteiger partial charge in [-0.2, -0.15) is 0 Å². The van der Waals surface area contributed by atoms with Crippen LogP contribution in [0.2, 0.25) is 0 Å². The number of aliphatic hydroxyl groups excluding tert-OH is 1. The molecule has 1 N–H and O–H groups in total. The van der Waals surface area contributed by atoms with Crippen LogP contribution < -0.4 is 0 Å². The Morgan fingerprint density at radius 3 is 2.70 bits per heavy atom. The molecule has 1 heteroatoms.